The first-order valence-electron chi connectivity index (χ1n) is 8.04. The number of hydrogen-bond donors (Lipinski definition) is 2. The number of rotatable bonds is 5. The molecule has 3 aromatic rings. The number of likely N-dealkylation sites (N-methyl/N-ethyl adjacent to an activating group) is 1. The lowest BCUT2D eigenvalue weighted by Gasteiger charge is -2.19. The number of pyridine rings is 1. The van der Waals surface area contributed by atoms with Crippen molar-refractivity contribution in [3.05, 3.63) is 48.3 Å². The zero-order valence-electron chi connectivity index (χ0n) is 14.2. The van der Waals surface area contributed by atoms with Gasteiger partial charge in [-0.15, -0.1) is 0 Å². The minimum Gasteiger partial charge on any atom is -0.384 e. The molecular formula is C18H20N6O. The number of benzene rings is 1. The molecule has 0 radical (unpaired) electrons. The third-order valence-corrected chi connectivity index (χ3v) is 3.91. The third kappa shape index (κ3) is 3.65. The molecule has 0 unspecified atom stereocenters. The summed E-state index contributed by atoms with van der Waals surface area (Å²) in [4.78, 5) is 26.8. The number of nitrogens with two attached hydrogens (primary N) is 1. The molecular weight excluding hydrogens is 316 g/mol. The van der Waals surface area contributed by atoms with E-state index >= 15 is 0 Å². The zero-order chi connectivity index (χ0) is 17.8. The average Bonchev–Trinajstić information content (AvgIpc) is 2.61. The maximum atomic E-state index is 12.4. The van der Waals surface area contributed by atoms with E-state index in [4.69, 9.17) is 5.73 Å². The summed E-state index contributed by atoms with van der Waals surface area (Å²) in [6.45, 7) is 2.22. The van der Waals surface area contributed by atoms with Gasteiger partial charge in [0.05, 0.1) is 11.9 Å². The van der Waals surface area contributed by atoms with Gasteiger partial charge in [-0.05, 0) is 30.2 Å². The van der Waals surface area contributed by atoms with Crippen LogP contribution in [0.15, 0.2) is 42.7 Å². The van der Waals surface area contributed by atoms with Crippen LogP contribution in [-0.4, -0.2) is 34.5 Å². The third-order valence-electron chi connectivity index (χ3n) is 3.91. The second-order valence-electron chi connectivity index (χ2n) is 5.72. The number of aryl methyl sites for hydroxylation is 1. The Hall–Kier alpha value is -3.22. The lowest BCUT2D eigenvalue weighted by atomic mass is 10.1. The number of nitrogens with zero attached hydrogens (tertiary/aromatic N) is 4. The van der Waals surface area contributed by atoms with Crippen LogP contribution in [0.25, 0.3) is 11.0 Å². The molecule has 2 heterocycles. The minimum atomic E-state index is -0.112. The fourth-order valence-corrected chi connectivity index (χ4v) is 2.68. The van der Waals surface area contributed by atoms with Gasteiger partial charge in [0.1, 0.15) is 18.0 Å². The van der Waals surface area contributed by atoms with Crippen LogP contribution in [0, 0.1) is 0 Å². The van der Waals surface area contributed by atoms with E-state index < -0.39 is 0 Å². The summed E-state index contributed by atoms with van der Waals surface area (Å²) < 4.78 is 0. The second kappa shape index (κ2) is 7.12. The fraction of sp³-hybridized carbons (Fsp3) is 0.222. The standard InChI is InChI=1S/C18H20N6O/c1-3-12-6-4-5-7-14(12)22-16(25)10-24(2)18-13-8-9-15(19)23-17(13)20-11-21-18/h4-9,11H,3,10H2,1-2H3,(H,22,25)(H2,19,20,21,23). The van der Waals surface area contributed by atoms with Crippen LogP contribution >= 0.6 is 0 Å². The molecule has 0 saturated carbocycles. The van der Waals surface area contributed by atoms with Crippen molar-refractivity contribution in [1.29, 1.82) is 0 Å². The van der Waals surface area contributed by atoms with Gasteiger partial charge in [-0.3, -0.25) is 4.79 Å². The predicted molar refractivity (Wildman–Crippen MR) is 99.5 cm³/mol. The highest BCUT2D eigenvalue weighted by Crippen LogP contribution is 2.21. The number of para-hydroxylation sites is 1. The first kappa shape index (κ1) is 16.6. The molecule has 128 valence electrons. The van der Waals surface area contributed by atoms with E-state index in [1.54, 1.807) is 11.0 Å². The Balaban J connectivity index is 1.78. The van der Waals surface area contributed by atoms with Crippen molar-refractivity contribution >= 4 is 34.3 Å². The smallest absolute Gasteiger partial charge is 0.243 e. The summed E-state index contributed by atoms with van der Waals surface area (Å²) in [5.41, 5.74) is 8.14. The van der Waals surface area contributed by atoms with Crippen molar-refractivity contribution in [2.24, 2.45) is 0 Å². The summed E-state index contributed by atoms with van der Waals surface area (Å²) >= 11 is 0. The normalized spacial score (nSPS) is 10.6. The van der Waals surface area contributed by atoms with Gasteiger partial charge in [-0.2, -0.15) is 0 Å². The van der Waals surface area contributed by atoms with Gasteiger partial charge >= 0.3 is 0 Å². The lowest BCUT2D eigenvalue weighted by Crippen LogP contribution is -2.31. The number of fused-ring (bicyclic) bond motifs is 1. The molecule has 0 fully saturated rings. The van der Waals surface area contributed by atoms with E-state index in [1.165, 1.54) is 6.33 Å². The maximum Gasteiger partial charge on any atom is 0.243 e. The first-order valence-corrected chi connectivity index (χ1v) is 8.04. The SMILES string of the molecule is CCc1ccccc1NC(=O)CN(C)c1ncnc2nc(N)ccc12. The van der Waals surface area contributed by atoms with Gasteiger partial charge in [0, 0.05) is 12.7 Å². The van der Waals surface area contributed by atoms with E-state index in [2.05, 4.69) is 27.2 Å². The monoisotopic (exact) mass is 336 g/mol. The van der Waals surface area contributed by atoms with Gasteiger partial charge in [0.15, 0.2) is 5.65 Å². The Morgan fingerprint density at radius 2 is 2.00 bits per heavy atom. The van der Waals surface area contributed by atoms with Gasteiger partial charge in [-0.25, -0.2) is 15.0 Å². The number of anilines is 3. The molecule has 0 aliphatic carbocycles. The van der Waals surface area contributed by atoms with Crippen molar-refractivity contribution in [3.8, 4) is 0 Å². The highest BCUT2D eigenvalue weighted by molar-refractivity contribution is 5.96. The number of aromatic nitrogens is 3. The molecule has 0 saturated heterocycles. The van der Waals surface area contributed by atoms with Crippen LogP contribution in [0.2, 0.25) is 0 Å². The Morgan fingerprint density at radius 1 is 1.20 bits per heavy atom. The molecule has 3 rings (SSSR count). The molecule has 0 aliphatic rings. The molecule has 2 aromatic heterocycles. The summed E-state index contributed by atoms with van der Waals surface area (Å²) in [6, 6.07) is 11.3. The van der Waals surface area contributed by atoms with Crippen molar-refractivity contribution in [3.63, 3.8) is 0 Å². The number of carbonyl (C=O) groups excluding carboxylic acids is 1. The topological polar surface area (TPSA) is 97.0 Å². The maximum absolute atomic E-state index is 12.4. The van der Waals surface area contributed by atoms with E-state index in [9.17, 15) is 4.79 Å². The summed E-state index contributed by atoms with van der Waals surface area (Å²) in [6.07, 6.45) is 2.28. The molecule has 1 amide bonds. The van der Waals surface area contributed by atoms with Crippen molar-refractivity contribution in [1.82, 2.24) is 15.0 Å². The number of carbonyl (C=O) groups is 1. The molecule has 0 bridgehead atoms. The Labute approximate surface area is 145 Å². The van der Waals surface area contributed by atoms with Crippen LogP contribution in [0.5, 0.6) is 0 Å². The van der Waals surface area contributed by atoms with E-state index in [0.29, 0.717) is 17.3 Å². The Bertz CT molecular complexity index is 911. The largest absolute Gasteiger partial charge is 0.384 e. The molecule has 0 spiro atoms. The van der Waals surface area contributed by atoms with E-state index in [0.717, 1.165) is 23.1 Å². The fourth-order valence-electron chi connectivity index (χ4n) is 2.68. The molecule has 1 aromatic carbocycles. The first-order chi connectivity index (χ1) is 12.1. The quantitative estimate of drug-likeness (QED) is 0.742. The van der Waals surface area contributed by atoms with E-state index in [-0.39, 0.29) is 12.5 Å². The second-order valence-corrected chi connectivity index (χ2v) is 5.72. The number of amides is 1. The molecule has 7 nitrogen and oxygen atoms in total. The van der Waals surface area contributed by atoms with Gasteiger partial charge in [-0.1, -0.05) is 25.1 Å². The van der Waals surface area contributed by atoms with Crippen molar-refractivity contribution in [2.75, 3.05) is 29.5 Å². The molecule has 3 N–H and O–H groups in total. The van der Waals surface area contributed by atoms with Crippen LogP contribution < -0.4 is 16.0 Å². The average molecular weight is 336 g/mol. The Kier molecular flexibility index (Phi) is 4.74. The van der Waals surface area contributed by atoms with Crippen molar-refractivity contribution < 1.29 is 4.79 Å². The van der Waals surface area contributed by atoms with Gasteiger partial charge in [0.2, 0.25) is 5.91 Å². The van der Waals surface area contributed by atoms with E-state index in [1.807, 2.05) is 37.4 Å². The summed E-state index contributed by atoms with van der Waals surface area (Å²) in [5, 5.41) is 3.71. The van der Waals surface area contributed by atoms with Crippen LogP contribution in [0.3, 0.4) is 0 Å². The summed E-state index contributed by atoms with van der Waals surface area (Å²) in [5.74, 6) is 0.920. The highest BCUT2D eigenvalue weighted by Gasteiger charge is 2.14. The predicted octanol–water partition coefficient (Wildman–Crippen LogP) is 2.24. The van der Waals surface area contributed by atoms with Gasteiger partial charge < -0.3 is 16.0 Å². The van der Waals surface area contributed by atoms with Gasteiger partial charge in [0.25, 0.3) is 0 Å². The zero-order valence-corrected chi connectivity index (χ0v) is 14.2. The number of hydrogen-bond acceptors (Lipinski definition) is 6. The van der Waals surface area contributed by atoms with Crippen molar-refractivity contribution in [2.45, 2.75) is 13.3 Å². The Morgan fingerprint density at radius 3 is 2.80 bits per heavy atom. The number of nitrogen functional groups attached to an aromatic ring is 1. The number of nitrogens with one attached hydrogen (secondary N) is 1. The van der Waals surface area contributed by atoms with Crippen LogP contribution in [0.4, 0.5) is 17.3 Å². The minimum absolute atomic E-state index is 0.112. The molecule has 0 atom stereocenters. The van der Waals surface area contributed by atoms with Crippen LogP contribution in [0.1, 0.15) is 12.5 Å². The lowest BCUT2D eigenvalue weighted by molar-refractivity contribution is -0.114. The molecule has 25 heavy (non-hydrogen) atoms. The molecule has 7 heteroatoms. The van der Waals surface area contributed by atoms with Crippen LogP contribution in [-0.2, 0) is 11.2 Å². The highest BCUT2D eigenvalue weighted by atomic mass is 16.2. The molecule has 0 aliphatic heterocycles. The summed E-state index contributed by atoms with van der Waals surface area (Å²) in [7, 11) is 1.81.